The van der Waals surface area contributed by atoms with Gasteiger partial charge in [0.15, 0.2) is 0 Å². The van der Waals surface area contributed by atoms with Crippen molar-refractivity contribution >= 4 is 47.7 Å². The van der Waals surface area contributed by atoms with Gasteiger partial charge in [0, 0.05) is 0 Å². The zero-order chi connectivity index (χ0) is 27.8. The van der Waals surface area contributed by atoms with Crippen LogP contribution in [0.15, 0.2) is 164 Å². The Hall–Kier alpha value is -3.04. The molecule has 0 nitrogen and oxygen atoms in total. The molecule has 206 valence electrons. The van der Waals surface area contributed by atoms with Crippen molar-refractivity contribution in [3.63, 3.8) is 0 Å². The van der Waals surface area contributed by atoms with E-state index < -0.39 is 15.8 Å². The van der Waals surface area contributed by atoms with E-state index in [1.54, 1.807) is 0 Å². The quantitative estimate of drug-likeness (QED) is 0.103. The van der Waals surface area contributed by atoms with Crippen LogP contribution in [-0.2, 0) is 22.5 Å². The monoisotopic (exact) mass is 610 g/mol. The van der Waals surface area contributed by atoms with Crippen molar-refractivity contribution in [1.82, 2.24) is 0 Å². The molecule has 6 aromatic rings. The molecule has 0 aliphatic carbocycles. The zero-order valence-corrected chi connectivity index (χ0v) is 26.7. The molecule has 0 saturated carbocycles. The Kier molecular flexibility index (Phi) is 11.1. The van der Waals surface area contributed by atoms with E-state index in [-0.39, 0.29) is 22.5 Å². The summed E-state index contributed by atoms with van der Waals surface area (Å²) in [4.78, 5) is 0. The van der Waals surface area contributed by atoms with Crippen molar-refractivity contribution < 1.29 is 17.1 Å². The molecule has 0 radical (unpaired) electrons. The van der Waals surface area contributed by atoms with Crippen LogP contribution in [0, 0.1) is 0 Å². The fourth-order valence-electron chi connectivity index (χ4n) is 4.76. The molecule has 6 aromatic carbocycles. The molecule has 0 aliphatic heterocycles. The molecule has 0 unspecified atom stereocenters. The molecule has 41 heavy (non-hydrogen) atoms. The minimum atomic E-state index is -0.690. The van der Waals surface area contributed by atoms with E-state index in [0.717, 1.165) is 0 Å². The minimum Gasteiger partial charge on any atom is -0.214 e. The van der Waals surface area contributed by atoms with Gasteiger partial charge in [-0.05, 0) is 21.2 Å². The third-order valence-electron chi connectivity index (χ3n) is 6.81. The number of hydrogen-bond donors (Lipinski definition) is 0. The summed E-state index contributed by atoms with van der Waals surface area (Å²) in [5, 5.41) is 8.57. The number of rotatable bonds is 6. The molecule has 0 aliphatic rings. The van der Waals surface area contributed by atoms with Gasteiger partial charge in [-0.2, -0.15) is 46.5 Å². The van der Waals surface area contributed by atoms with Crippen LogP contribution < -0.4 is 31.8 Å². The van der Waals surface area contributed by atoms with E-state index in [1.807, 2.05) is 30.3 Å². The van der Waals surface area contributed by atoms with Crippen LogP contribution in [0.1, 0.15) is 26.3 Å². The predicted molar refractivity (Wildman–Crippen MR) is 180 cm³/mol. The van der Waals surface area contributed by atoms with Gasteiger partial charge in [-0.15, -0.1) is 0 Å². The third kappa shape index (κ3) is 7.83. The fraction of sp³-hybridized carbons (Fsp3) is 0.105. The summed E-state index contributed by atoms with van der Waals surface area (Å²) in [5.41, 5.74) is 1.50. The van der Waals surface area contributed by atoms with Gasteiger partial charge >= 0.3 is 17.1 Å². The van der Waals surface area contributed by atoms with Gasteiger partial charge in [-0.1, -0.05) is 163 Å². The molecule has 0 saturated heterocycles. The van der Waals surface area contributed by atoms with Crippen LogP contribution in [0.3, 0.4) is 0 Å². The first-order chi connectivity index (χ1) is 19.5. The first kappa shape index (κ1) is 30.9. The van der Waals surface area contributed by atoms with E-state index in [0.29, 0.717) is 0 Å². The Balaban J connectivity index is 0.000000584. The molecular formula is C38H36FeP2. The summed E-state index contributed by atoms with van der Waals surface area (Å²) in [5.74, 6) is 0. The van der Waals surface area contributed by atoms with E-state index in [9.17, 15) is 0 Å². The van der Waals surface area contributed by atoms with Gasteiger partial charge in [0.1, 0.15) is 0 Å². The molecule has 3 heteroatoms. The van der Waals surface area contributed by atoms with Gasteiger partial charge in [-0.25, -0.2) is 12.1 Å². The maximum Gasteiger partial charge on any atom is 2.00 e. The topological polar surface area (TPSA) is 0 Å². The summed E-state index contributed by atoms with van der Waals surface area (Å²) < 4.78 is 0. The number of benzene rings is 4. The van der Waals surface area contributed by atoms with Gasteiger partial charge in [0.2, 0.25) is 0 Å². The van der Waals surface area contributed by atoms with E-state index in [2.05, 4.69) is 154 Å². The standard InChI is InChI=1S/C33H31P2.C5H5.Fe/c1-33(2,3)26-24-31(34(27-16-8-4-9-17-27)28-18-10-5-11-19-28)32(25-26)35(29-20-12-6-13-21-29)30-22-14-7-15-23-30;1-2-4-5-3-1;/h4-25H,1-3H3;1-5H;/q2*-1;+2. The molecule has 0 spiro atoms. The van der Waals surface area contributed by atoms with Gasteiger partial charge in [0.25, 0.3) is 0 Å². The van der Waals surface area contributed by atoms with E-state index >= 15 is 0 Å². The van der Waals surface area contributed by atoms with Crippen LogP contribution in [0.25, 0.3) is 0 Å². The van der Waals surface area contributed by atoms with Crippen molar-refractivity contribution in [2.45, 2.75) is 26.2 Å². The molecule has 0 N–H and O–H groups in total. The summed E-state index contributed by atoms with van der Waals surface area (Å²) >= 11 is 0. The Bertz CT molecular complexity index is 1350. The molecule has 0 atom stereocenters. The molecule has 0 bridgehead atoms. The summed E-state index contributed by atoms with van der Waals surface area (Å²) in [7, 11) is -1.38. The third-order valence-corrected chi connectivity index (χ3v) is 11.9. The first-order valence-electron chi connectivity index (χ1n) is 13.8. The molecule has 0 amide bonds. The average molecular weight is 610 g/mol. The van der Waals surface area contributed by atoms with E-state index in [1.165, 1.54) is 37.4 Å². The van der Waals surface area contributed by atoms with Crippen molar-refractivity contribution in [1.29, 1.82) is 0 Å². The van der Waals surface area contributed by atoms with Crippen molar-refractivity contribution in [2.24, 2.45) is 0 Å². The Morgan fingerprint density at radius 1 is 0.463 bits per heavy atom. The molecule has 0 aromatic heterocycles. The largest absolute Gasteiger partial charge is 2.00 e. The molecule has 0 fully saturated rings. The Labute approximate surface area is 259 Å². The fourth-order valence-corrected chi connectivity index (χ4v) is 10.1. The van der Waals surface area contributed by atoms with Crippen LogP contribution in [0.2, 0.25) is 0 Å². The van der Waals surface area contributed by atoms with Crippen molar-refractivity contribution in [3.05, 3.63) is 169 Å². The van der Waals surface area contributed by atoms with Crippen LogP contribution in [0.4, 0.5) is 0 Å². The predicted octanol–water partition coefficient (Wildman–Crippen LogP) is 7.62. The molecule has 0 heterocycles. The Morgan fingerprint density at radius 2 is 0.756 bits per heavy atom. The van der Waals surface area contributed by atoms with Gasteiger partial charge in [-0.3, -0.25) is 0 Å². The van der Waals surface area contributed by atoms with E-state index in [4.69, 9.17) is 0 Å². The van der Waals surface area contributed by atoms with Crippen molar-refractivity contribution in [2.75, 3.05) is 0 Å². The maximum atomic E-state index is 2.52. The van der Waals surface area contributed by atoms with Crippen molar-refractivity contribution in [3.8, 4) is 0 Å². The van der Waals surface area contributed by atoms with Crippen LogP contribution in [0.5, 0.6) is 0 Å². The van der Waals surface area contributed by atoms with Gasteiger partial charge in [0.05, 0.1) is 0 Å². The zero-order valence-electron chi connectivity index (χ0n) is 23.8. The summed E-state index contributed by atoms with van der Waals surface area (Å²) in [6.07, 6.45) is 0. The summed E-state index contributed by atoms with van der Waals surface area (Å²) in [6, 6.07) is 59.4. The Morgan fingerprint density at radius 3 is 0.976 bits per heavy atom. The minimum absolute atomic E-state index is 0. The number of hydrogen-bond acceptors (Lipinski definition) is 0. The van der Waals surface area contributed by atoms with Gasteiger partial charge < -0.3 is 0 Å². The van der Waals surface area contributed by atoms with Crippen LogP contribution in [-0.4, -0.2) is 0 Å². The maximum absolute atomic E-state index is 2.52. The molecule has 6 rings (SSSR count). The average Bonchev–Trinajstić information content (AvgIpc) is 3.71. The first-order valence-corrected chi connectivity index (χ1v) is 16.5. The normalized spacial score (nSPS) is 11.0. The molecular weight excluding hydrogens is 574 g/mol. The smallest absolute Gasteiger partial charge is 0.214 e. The second-order valence-corrected chi connectivity index (χ2v) is 15.1. The second kappa shape index (κ2) is 14.7. The second-order valence-electron chi connectivity index (χ2n) is 10.7. The van der Waals surface area contributed by atoms with Crippen LogP contribution >= 0.6 is 15.8 Å². The summed E-state index contributed by atoms with van der Waals surface area (Å²) in [6.45, 7) is 6.99. The SMILES string of the molecule is CC(C)(C)[c-]1cc(P(c2ccccc2)c2ccccc2)c(P(c2ccccc2)c2ccccc2)c1.[Fe+2].c1cc[cH-]c1.